The molecule has 3 rings (SSSR count). The van der Waals surface area contributed by atoms with Gasteiger partial charge in [-0.3, -0.25) is 10.1 Å². The second kappa shape index (κ2) is 8.07. The Morgan fingerprint density at radius 2 is 1.82 bits per heavy atom. The molecular formula is C22H19N3O2S. The number of aromatic hydroxyl groups is 1. The van der Waals surface area contributed by atoms with Crippen molar-refractivity contribution in [1.29, 1.82) is 5.26 Å². The maximum absolute atomic E-state index is 12.4. The number of carbonyl (C=O) groups is 1. The fraction of sp³-hybridized carbons (Fsp3) is 0.136. The predicted octanol–water partition coefficient (Wildman–Crippen LogP) is 4.99. The highest BCUT2D eigenvalue weighted by molar-refractivity contribution is 7.14. The quantitative estimate of drug-likeness (QED) is 0.486. The molecule has 1 amide bonds. The number of phenolic OH excluding ortho intramolecular Hbond substituents is 1. The number of hydrogen-bond acceptors (Lipinski definition) is 5. The van der Waals surface area contributed by atoms with E-state index in [0.29, 0.717) is 10.7 Å². The van der Waals surface area contributed by atoms with Gasteiger partial charge in [0.05, 0.1) is 5.69 Å². The van der Waals surface area contributed by atoms with Crippen molar-refractivity contribution in [3.05, 3.63) is 69.6 Å². The van der Waals surface area contributed by atoms with Crippen LogP contribution in [-0.2, 0) is 4.79 Å². The largest absolute Gasteiger partial charge is 0.508 e. The third-order valence-corrected chi connectivity index (χ3v) is 5.17. The van der Waals surface area contributed by atoms with E-state index in [0.717, 1.165) is 16.8 Å². The van der Waals surface area contributed by atoms with Gasteiger partial charge in [-0.2, -0.15) is 5.26 Å². The molecule has 0 aliphatic rings. The predicted molar refractivity (Wildman–Crippen MR) is 112 cm³/mol. The van der Waals surface area contributed by atoms with E-state index in [1.54, 1.807) is 12.1 Å². The van der Waals surface area contributed by atoms with Crippen molar-refractivity contribution in [2.75, 3.05) is 5.32 Å². The summed E-state index contributed by atoms with van der Waals surface area (Å²) in [5.41, 5.74) is 5.96. The van der Waals surface area contributed by atoms with E-state index >= 15 is 0 Å². The second-order valence-corrected chi connectivity index (χ2v) is 7.36. The first kappa shape index (κ1) is 19.3. The number of hydrogen-bond donors (Lipinski definition) is 2. The number of carbonyl (C=O) groups excluding carboxylic acids is 1. The lowest BCUT2D eigenvalue weighted by Crippen LogP contribution is -2.13. The van der Waals surface area contributed by atoms with Crippen LogP contribution in [0.1, 0.15) is 22.3 Å². The van der Waals surface area contributed by atoms with Gasteiger partial charge in [0.2, 0.25) is 0 Å². The van der Waals surface area contributed by atoms with Crippen LogP contribution in [0.2, 0.25) is 0 Å². The highest BCUT2D eigenvalue weighted by Gasteiger charge is 2.14. The van der Waals surface area contributed by atoms with Gasteiger partial charge < -0.3 is 5.11 Å². The van der Waals surface area contributed by atoms with Crippen LogP contribution in [0.3, 0.4) is 0 Å². The molecule has 28 heavy (non-hydrogen) atoms. The highest BCUT2D eigenvalue weighted by Crippen LogP contribution is 2.29. The third-order valence-electron chi connectivity index (χ3n) is 4.41. The number of rotatable bonds is 4. The van der Waals surface area contributed by atoms with Gasteiger partial charge in [0, 0.05) is 10.9 Å². The summed E-state index contributed by atoms with van der Waals surface area (Å²) in [6.07, 6.45) is 1.47. The van der Waals surface area contributed by atoms with E-state index < -0.39 is 5.91 Å². The number of thiazole rings is 1. The summed E-state index contributed by atoms with van der Waals surface area (Å²) < 4.78 is 0. The Bertz CT molecular complexity index is 1110. The number of anilines is 1. The number of nitrogens with zero attached hydrogens (tertiary/aromatic N) is 2. The fourth-order valence-electron chi connectivity index (χ4n) is 2.74. The maximum Gasteiger partial charge on any atom is 0.268 e. The summed E-state index contributed by atoms with van der Waals surface area (Å²) in [6.45, 7) is 6.16. The van der Waals surface area contributed by atoms with Crippen LogP contribution in [0.4, 0.5) is 5.13 Å². The molecular weight excluding hydrogens is 370 g/mol. The van der Waals surface area contributed by atoms with Gasteiger partial charge in [0.15, 0.2) is 5.13 Å². The van der Waals surface area contributed by atoms with Gasteiger partial charge in [-0.25, -0.2) is 4.98 Å². The summed E-state index contributed by atoms with van der Waals surface area (Å²) >= 11 is 1.31. The van der Waals surface area contributed by atoms with Crippen LogP contribution in [0.25, 0.3) is 17.3 Å². The van der Waals surface area contributed by atoms with Crippen molar-refractivity contribution in [2.45, 2.75) is 20.8 Å². The SMILES string of the molecule is Cc1cc(C)c(-c2csc(NC(=O)/C(C#N)=C/c3ccc(O)cc3)n2)cc1C. The zero-order valence-corrected chi connectivity index (χ0v) is 16.6. The Kier molecular flexibility index (Phi) is 5.57. The van der Waals surface area contributed by atoms with Gasteiger partial charge in [0.25, 0.3) is 5.91 Å². The van der Waals surface area contributed by atoms with Gasteiger partial charge in [-0.1, -0.05) is 18.2 Å². The van der Waals surface area contributed by atoms with E-state index in [-0.39, 0.29) is 11.3 Å². The smallest absolute Gasteiger partial charge is 0.268 e. The summed E-state index contributed by atoms with van der Waals surface area (Å²) in [5.74, 6) is -0.398. The van der Waals surface area contributed by atoms with Crippen molar-refractivity contribution in [3.8, 4) is 23.1 Å². The molecule has 3 aromatic rings. The van der Waals surface area contributed by atoms with E-state index in [1.165, 1.54) is 40.7 Å². The molecule has 1 heterocycles. The van der Waals surface area contributed by atoms with Gasteiger partial charge in [-0.05, 0) is 67.3 Å². The van der Waals surface area contributed by atoms with E-state index in [1.807, 2.05) is 18.4 Å². The molecule has 0 aliphatic heterocycles. The fourth-order valence-corrected chi connectivity index (χ4v) is 3.45. The minimum Gasteiger partial charge on any atom is -0.508 e. The molecule has 1 aromatic heterocycles. The Hall–Kier alpha value is -3.43. The first-order chi connectivity index (χ1) is 13.4. The van der Waals surface area contributed by atoms with Crippen molar-refractivity contribution >= 4 is 28.5 Å². The van der Waals surface area contributed by atoms with Crippen LogP contribution >= 0.6 is 11.3 Å². The number of amides is 1. The monoisotopic (exact) mass is 389 g/mol. The molecule has 0 spiro atoms. The lowest BCUT2D eigenvalue weighted by atomic mass is 9.99. The lowest BCUT2D eigenvalue weighted by Gasteiger charge is -2.07. The summed E-state index contributed by atoms with van der Waals surface area (Å²) in [7, 11) is 0. The molecule has 0 atom stereocenters. The van der Waals surface area contributed by atoms with E-state index in [2.05, 4.69) is 36.3 Å². The number of nitriles is 1. The molecule has 0 saturated carbocycles. The highest BCUT2D eigenvalue weighted by atomic mass is 32.1. The van der Waals surface area contributed by atoms with Crippen molar-refractivity contribution in [2.24, 2.45) is 0 Å². The number of aromatic nitrogens is 1. The zero-order valence-electron chi connectivity index (χ0n) is 15.8. The molecule has 140 valence electrons. The van der Waals surface area contributed by atoms with Crippen molar-refractivity contribution < 1.29 is 9.90 Å². The maximum atomic E-state index is 12.4. The van der Waals surface area contributed by atoms with Crippen LogP contribution in [-0.4, -0.2) is 16.0 Å². The average Bonchev–Trinajstić information content (AvgIpc) is 3.12. The number of nitrogens with one attached hydrogen (secondary N) is 1. The topological polar surface area (TPSA) is 86.0 Å². The Balaban J connectivity index is 1.81. The molecule has 6 heteroatoms. The van der Waals surface area contributed by atoms with Crippen LogP contribution in [0.5, 0.6) is 5.75 Å². The summed E-state index contributed by atoms with van der Waals surface area (Å²) in [6, 6.07) is 12.4. The van der Waals surface area contributed by atoms with E-state index in [9.17, 15) is 15.2 Å². The molecule has 5 nitrogen and oxygen atoms in total. The molecule has 2 aromatic carbocycles. The number of aryl methyl sites for hydroxylation is 3. The Labute approximate surface area is 167 Å². The summed E-state index contributed by atoms with van der Waals surface area (Å²) in [5, 5.41) is 23.7. The minimum atomic E-state index is -0.520. The first-order valence-corrected chi connectivity index (χ1v) is 9.51. The standard InChI is InChI=1S/C22H19N3O2S/c1-13-8-15(3)19(9-14(13)2)20-12-28-22(24-20)25-21(27)17(11-23)10-16-4-6-18(26)7-5-16/h4-10,12,26H,1-3H3,(H,24,25,27)/b17-10+. The van der Waals surface area contributed by atoms with Gasteiger partial charge >= 0.3 is 0 Å². The van der Waals surface area contributed by atoms with Crippen LogP contribution in [0.15, 0.2) is 47.4 Å². The van der Waals surface area contributed by atoms with Crippen LogP contribution in [0, 0.1) is 32.1 Å². The van der Waals surface area contributed by atoms with Crippen LogP contribution < -0.4 is 5.32 Å². The van der Waals surface area contributed by atoms with Gasteiger partial charge in [0.1, 0.15) is 17.4 Å². The molecule has 0 fully saturated rings. The average molecular weight is 389 g/mol. The number of benzene rings is 2. The van der Waals surface area contributed by atoms with Gasteiger partial charge in [-0.15, -0.1) is 11.3 Å². The molecule has 0 saturated heterocycles. The zero-order chi connectivity index (χ0) is 20.3. The minimum absolute atomic E-state index is 0.0372. The normalized spacial score (nSPS) is 11.1. The lowest BCUT2D eigenvalue weighted by molar-refractivity contribution is -0.112. The number of phenols is 1. The van der Waals surface area contributed by atoms with Crippen molar-refractivity contribution in [1.82, 2.24) is 4.98 Å². The van der Waals surface area contributed by atoms with Crippen molar-refractivity contribution in [3.63, 3.8) is 0 Å². The first-order valence-electron chi connectivity index (χ1n) is 8.63. The molecule has 0 aliphatic carbocycles. The Morgan fingerprint density at radius 3 is 2.50 bits per heavy atom. The molecule has 0 unspecified atom stereocenters. The Morgan fingerprint density at radius 1 is 1.14 bits per heavy atom. The summed E-state index contributed by atoms with van der Waals surface area (Å²) in [4.78, 5) is 16.9. The molecule has 0 radical (unpaired) electrons. The molecule has 2 N–H and O–H groups in total. The van der Waals surface area contributed by atoms with E-state index in [4.69, 9.17) is 0 Å². The molecule has 0 bridgehead atoms. The second-order valence-electron chi connectivity index (χ2n) is 6.50. The third kappa shape index (κ3) is 4.27.